The Morgan fingerprint density at radius 1 is 1.15 bits per heavy atom. The first kappa shape index (κ1) is 19.4. The van der Waals surface area contributed by atoms with E-state index in [2.05, 4.69) is 0 Å². The summed E-state index contributed by atoms with van der Waals surface area (Å²) in [6.45, 7) is 6.42. The van der Waals surface area contributed by atoms with Gasteiger partial charge in [0.15, 0.2) is 0 Å². The molecule has 3 amide bonds. The Labute approximate surface area is 163 Å². The quantitative estimate of drug-likeness (QED) is 0.720. The first-order chi connectivity index (χ1) is 12.7. The Morgan fingerprint density at radius 2 is 1.74 bits per heavy atom. The van der Waals surface area contributed by atoms with Gasteiger partial charge in [-0.1, -0.05) is 23.7 Å². The maximum Gasteiger partial charge on any atom is 0.410 e. The maximum absolute atomic E-state index is 12.5. The number of rotatable bonds is 2. The fourth-order valence-corrected chi connectivity index (χ4v) is 3.48. The average molecular weight is 391 g/mol. The van der Waals surface area contributed by atoms with Gasteiger partial charge in [-0.3, -0.25) is 14.5 Å². The Balaban J connectivity index is 1.72. The van der Waals surface area contributed by atoms with Gasteiger partial charge in [0.2, 0.25) is 0 Å². The van der Waals surface area contributed by atoms with Crippen LogP contribution in [-0.2, 0) is 4.74 Å². The molecule has 0 radical (unpaired) electrons. The molecule has 0 N–H and O–H groups in total. The molecule has 144 valence electrons. The molecule has 0 saturated carbocycles. The number of benzene rings is 1. The highest BCUT2D eigenvalue weighted by Crippen LogP contribution is 2.28. The van der Waals surface area contributed by atoms with Gasteiger partial charge in [-0.2, -0.15) is 0 Å². The lowest BCUT2D eigenvalue weighted by molar-refractivity contribution is 0.0245. The molecule has 0 bridgehead atoms. The molecule has 2 aliphatic rings. The predicted octanol–water partition coefficient (Wildman–Crippen LogP) is 3.81. The third-order valence-electron chi connectivity index (χ3n) is 4.50. The van der Waals surface area contributed by atoms with Gasteiger partial charge in [-0.05, 0) is 51.3 Å². The molecule has 1 aromatic rings. The first-order valence-corrected chi connectivity index (χ1v) is 9.35. The van der Waals surface area contributed by atoms with E-state index < -0.39 is 5.60 Å². The van der Waals surface area contributed by atoms with Crippen LogP contribution >= 0.6 is 11.6 Å². The summed E-state index contributed by atoms with van der Waals surface area (Å²) in [4.78, 5) is 40.1. The highest BCUT2D eigenvalue weighted by Gasteiger charge is 2.36. The summed E-state index contributed by atoms with van der Waals surface area (Å²) >= 11 is 6.47. The van der Waals surface area contributed by atoms with E-state index in [1.165, 1.54) is 0 Å². The molecule has 1 saturated heterocycles. The number of carbonyl (C=O) groups is 3. The number of likely N-dealkylation sites (tertiary alicyclic amines) is 1. The maximum atomic E-state index is 12.5. The molecule has 1 aromatic carbocycles. The molecule has 6 nitrogen and oxygen atoms in total. The van der Waals surface area contributed by atoms with Gasteiger partial charge in [-0.25, -0.2) is 4.79 Å². The van der Waals surface area contributed by atoms with Gasteiger partial charge in [0.05, 0.1) is 17.7 Å². The fraction of sp³-hybridized carbons (Fsp3) is 0.450. The van der Waals surface area contributed by atoms with Crippen LogP contribution in [0.2, 0.25) is 0 Å². The molecule has 7 heteroatoms. The Bertz CT molecular complexity index is 791. The fourth-order valence-electron chi connectivity index (χ4n) is 3.21. The van der Waals surface area contributed by atoms with Crippen molar-refractivity contribution in [3.05, 3.63) is 46.0 Å². The van der Waals surface area contributed by atoms with Crippen LogP contribution < -0.4 is 0 Å². The zero-order valence-electron chi connectivity index (χ0n) is 15.8. The lowest BCUT2D eigenvalue weighted by Crippen LogP contribution is -2.41. The second-order valence-electron chi connectivity index (χ2n) is 7.76. The molecule has 0 atom stereocenters. The summed E-state index contributed by atoms with van der Waals surface area (Å²) in [5, 5.41) is 0.428. The van der Waals surface area contributed by atoms with Crippen molar-refractivity contribution in [1.82, 2.24) is 9.80 Å². The number of imide groups is 1. The Hall–Kier alpha value is -2.34. The first-order valence-electron chi connectivity index (χ1n) is 8.97. The van der Waals surface area contributed by atoms with Crippen LogP contribution in [0.3, 0.4) is 0 Å². The van der Waals surface area contributed by atoms with Crippen LogP contribution in [0.15, 0.2) is 34.9 Å². The predicted molar refractivity (Wildman–Crippen MR) is 102 cm³/mol. The van der Waals surface area contributed by atoms with Crippen molar-refractivity contribution in [1.29, 1.82) is 0 Å². The summed E-state index contributed by atoms with van der Waals surface area (Å²) in [6, 6.07) is 6.74. The van der Waals surface area contributed by atoms with Gasteiger partial charge >= 0.3 is 6.09 Å². The minimum absolute atomic E-state index is 0.0192. The van der Waals surface area contributed by atoms with Crippen molar-refractivity contribution in [2.75, 3.05) is 19.6 Å². The van der Waals surface area contributed by atoms with E-state index in [1.54, 1.807) is 29.2 Å². The number of ether oxygens (including phenoxy) is 1. The molecule has 0 aromatic heterocycles. The lowest BCUT2D eigenvalue weighted by atomic mass is 10.0. The largest absolute Gasteiger partial charge is 0.444 e. The Morgan fingerprint density at radius 3 is 2.30 bits per heavy atom. The van der Waals surface area contributed by atoms with E-state index in [9.17, 15) is 14.4 Å². The SMILES string of the molecule is CC(C)(C)OC(=O)N1CCC/C(=C(\Cl)CN2C(=O)c3ccccc3C2=O)C1. The molecule has 27 heavy (non-hydrogen) atoms. The number of nitrogens with zero attached hydrogens (tertiary/aromatic N) is 2. The van der Waals surface area contributed by atoms with Crippen molar-refractivity contribution in [3.8, 4) is 0 Å². The summed E-state index contributed by atoms with van der Waals surface area (Å²) in [5.41, 5.74) is 1.08. The molecule has 3 rings (SSSR count). The van der Waals surface area contributed by atoms with Crippen molar-refractivity contribution in [3.63, 3.8) is 0 Å². The van der Waals surface area contributed by atoms with Crippen LogP contribution in [0.4, 0.5) is 4.79 Å². The van der Waals surface area contributed by atoms with Crippen LogP contribution in [-0.4, -0.2) is 52.9 Å². The van der Waals surface area contributed by atoms with Crippen LogP contribution in [0, 0.1) is 0 Å². The van der Waals surface area contributed by atoms with Crippen LogP contribution in [0.25, 0.3) is 0 Å². The van der Waals surface area contributed by atoms with Gasteiger partial charge in [0, 0.05) is 18.1 Å². The van der Waals surface area contributed by atoms with E-state index in [4.69, 9.17) is 16.3 Å². The van der Waals surface area contributed by atoms with Gasteiger partial charge in [0.25, 0.3) is 11.8 Å². The Kier molecular flexibility index (Phi) is 5.29. The van der Waals surface area contributed by atoms with Crippen LogP contribution in [0.1, 0.15) is 54.3 Å². The van der Waals surface area contributed by atoms with E-state index in [0.29, 0.717) is 29.2 Å². The van der Waals surface area contributed by atoms with Crippen molar-refractivity contribution < 1.29 is 19.1 Å². The van der Waals surface area contributed by atoms with E-state index in [0.717, 1.165) is 23.3 Å². The number of hydrogen-bond donors (Lipinski definition) is 0. The van der Waals surface area contributed by atoms with E-state index in [1.807, 2.05) is 20.8 Å². The molecule has 0 spiro atoms. The normalized spacial score (nSPS) is 19.3. The minimum Gasteiger partial charge on any atom is -0.444 e. The zero-order chi connectivity index (χ0) is 19.8. The number of hydrogen-bond acceptors (Lipinski definition) is 4. The second kappa shape index (κ2) is 7.35. The summed E-state index contributed by atoms with van der Waals surface area (Å²) in [6.07, 6.45) is 1.10. The second-order valence-corrected chi connectivity index (χ2v) is 8.21. The smallest absolute Gasteiger partial charge is 0.410 e. The minimum atomic E-state index is -0.567. The topological polar surface area (TPSA) is 66.9 Å². The molecule has 0 aliphatic carbocycles. The number of halogens is 1. The summed E-state index contributed by atoms with van der Waals surface area (Å²) in [5.74, 6) is -0.677. The average Bonchev–Trinajstić information content (AvgIpc) is 2.86. The van der Waals surface area contributed by atoms with Crippen molar-refractivity contribution in [2.45, 2.75) is 39.2 Å². The molecular formula is C20H23ClN2O4. The summed E-state index contributed by atoms with van der Waals surface area (Å²) in [7, 11) is 0. The molecule has 2 heterocycles. The molecule has 1 fully saturated rings. The highest BCUT2D eigenvalue weighted by atomic mass is 35.5. The molecular weight excluding hydrogens is 368 g/mol. The lowest BCUT2D eigenvalue weighted by Gasteiger charge is -2.32. The third-order valence-corrected chi connectivity index (χ3v) is 4.89. The zero-order valence-corrected chi connectivity index (χ0v) is 16.5. The molecule has 2 aliphatic heterocycles. The van der Waals surface area contributed by atoms with E-state index in [-0.39, 0.29) is 24.5 Å². The monoisotopic (exact) mass is 390 g/mol. The van der Waals surface area contributed by atoms with Gasteiger partial charge in [-0.15, -0.1) is 0 Å². The number of fused-ring (bicyclic) bond motifs is 1. The highest BCUT2D eigenvalue weighted by molar-refractivity contribution is 6.31. The van der Waals surface area contributed by atoms with Gasteiger partial charge < -0.3 is 9.64 Å². The standard InChI is InChI=1S/C20H23ClN2O4/c1-20(2,3)27-19(26)22-10-6-7-13(11-22)16(21)12-23-17(24)14-8-4-5-9-15(14)18(23)25/h4-5,8-9H,6-7,10-12H2,1-3H3/b16-13+. The van der Waals surface area contributed by atoms with E-state index >= 15 is 0 Å². The number of amides is 3. The number of carbonyl (C=O) groups excluding carboxylic acids is 3. The van der Waals surface area contributed by atoms with Crippen molar-refractivity contribution in [2.24, 2.45) is 0 Å². The molecule has 0 unspecified atom stereocenters. The van der Waals surface area contributed by atoms with Crippen molar-refractivity contribution >= 4 is 29.5 Å². The summed E-state index contributed by atoms with van der Waals surface area (Å²) < 4.78 is 5.42. The number of piperidine rings is 1. The van der Waals surface area contributed by atoms with Gasteiger partial charge in [0.1, 0.15) is 5.60 Å². The van der Waals surface area contributed by atoms with Crippen LogP contribution in [0.5, 0.6) is 0 Å². The third kappa shape index (κ3) is 4.16.